The Kier molecular flexibility index (Phi) is 4.55. The summed E-state index contributed by atoms with van der Waals surface area (Å²) in [5.74, 6) is 0. The average Bonchev–Trinajstić information content (AvgIpc) is 3.09. The van der Waals surface area contributed by atoms with Gasteiger partial charge in [-0.2, -0.15) is 5.10 Å². The first-order chi connectivity index (χ1) is 12.2. The summed E-state index contributed by atoms with van der Waals surface area (Å²) in [6, 6.07) is 26.7. The van der Waals surface area contributed by atoms with Crippen molar-refractivity contribution in [2.45, 2.75) is 0 Å². The third-order valence-corrected chi connectivity index (χ3v) is 5.24. The number of rotatable bonds is 3. The van der Waals surface area contributed by atoms with Crippen molar-refractivity contribution in [3.8, 4) is 28.1 Å². The van der Waals surface area contributed by atoms with E-state index in [0.717, 1.165) is 37.0 Å². The first-order valence-corrected chi connectivity index (χ1v) is 9.47. The van der Waals surface area contributed by atoms with E-state index >= 15 is 0 Å². The molecule has 0 spiro atoms. The maximum Gasteiger partial charge on any atom is 0.101 e. The molecule has 3 aromatic carbocycles. The van der Waals surface area contributed by atoms with Crippen LogP contribution in [0.15, 0.2) is 94.0 Å². The quantitative estimate of drug-likeness (QED) is 0.336. The highest BCUT2D eigenvalue weighted by atomic mass is 79.9. The molecule has 0 aliphatic carbocycles. The molecule has 0 saturated heterocycles. The van der Waals surface area contributed by atoms with Crippen molar-refractivity contribution in [1.82, 2.24) is 9.78 Å². The summed E-state index contributed by atoms with van der Waals surface area (Å²) in [6.07, 6.45) is 2.09. The lowest BCUT2D eigenvalue weighted by atomic mass is 10.0. The summed E-state index contributed by atoms with van der Waals surface area (Å²) in [5, 5.41) is 4.88. The number of benzene rings is 3. The van der Waals surface area contributed by atoms with Gasteiger partial charge in [0.25, 0.3) is 0 Å². The molecule has 0 aliphatic rings. The fourth-order valence-electron chi connectivity index (χ4n) is 2.78. The predicted octanol–water partition coefficient (Wildman–Crippen LogP) is 6.73. The van der Waals surface area contributed by atoms with Crippen LogP contribution in [0.2, 0.25) is 0 Å². The SMILES string of the molecule is Brc1ccc(-c2nn(-c3ccccc3)cc2-c2ccccc2Br)cc1. The Bertz CT molecular complexity index is 1010. The fourth-order valence-corrected chi connectivity index (χ4v) is 3.55. The van der Waals surface area contributed by atoms with Gasteiger partial charge in [-0.05, 0) is 35.9 Å². The number of nitrogens with zero attached hydrogens (tertiary/aromatic N) is 2. The molecule has 0 amide bonds. The van der Waals surface area contributed by atoms with Gasteiger partial charge in [0.2, 0.25) is 0 Å². The van der Waals surface area contributed by atoms with E-state index in [1.54, 1.807) is 0 Å². The molecule has 4 rings (SSSR count). The summed E-state index contributed by atoms with van der Waals surface area (Å²) < 4.78 is 4.05. The van der Waals surface area contributed by atoms with Crippen molar-refractivity contribution in [2.24, 2.45) is 0 Å². The molecule has 1 heterocycles. The summed E-state index contributed by atoms with van der Waals surface area (Å²) in [4.78, 5) is 0. The summed E-state index contributed by atoms with van der Waals surface area (Å²) in [7, 11) is 0. The maximum absolute atomic E-state index is 4.88. The van der Waals surface area contributed by atoms with E-state index in [-0.39, 0.29) is 0 Å². The number of halogens is 2. The first kappa shape index (κ1) is 16.3. The van der Waals surface area contributed by atoms with Gasteiger partial charge in [-0.25, -0.2) is 4.68 Å². The number of hydrogen-bond donors (Lipinski definition) is 0. The number of aromatic nitrogens is 2. The van der Waals surface area contributed by atoms with Gasteiger partial charge in [0.1, 0.15) is 5.69 Å². The Morgan fingerprint density at radius 2 is 1.36 bits per heavy atom. The number of para-hydroxylation sites is 1. The molecule has 0 saturated carbocycles. The Morgan fingerprint density at radius 1 is 0.680 bits per heavy atom. The molecule has 2 nitrogen and oxygen atoms in total. The van der Waals surface area contributed by atoms with Gasteiger partial charge in [-0.15, -0.1) is 0 Å². The van der Waals surface area contributed by atoms with E-state index in [1.165, 1.54) is 0 Å². The van der Waals surface area contributed by atoms with Crippen LogP contribution in [0.4, 0.5) is 0 Å². The Hall–Kier alpha value is -2.17. The minimum atomic E-state index is 0.961. The Labute approximate surface area is 163 Å². The molecular weight excluding hydrogens is 440 g/mol. The minimum Gasteiger partial charge on any atom is -0.240 e. The lowest BCUT2D eigenvalue weighted by molar-refractivity contribution is 0.884. The zero-order valence-electron chi connectivity index (χ0n) is 13.2. The molecule has 0 atom stereocenters. The van der Waals surface area contributed by atoms with E-state index in [1.807, 2.05) is 47.1 Å². The van der Waals surface area contributed by atoms with Crippen molar-refractivity contribution >= 4 is 31.9 Å². The third-order valence-electron chi connectivity index (χ3n) is 4.02. The van der Waals surface area contributed by atoms with E-state index in [9.17, 15) is 0 Å². The van der Waals surface area contributed by atoms with Crippen molar-refractivity contribution in [3.63, 3.8) is 0 Å². The highest BCUT2D eigenvalue weighted by Gasteiger charge is 2.15. The van der Waals surface area contributed by atoms with Crippen LogP contribution >= 0.6 is 31.9 Å². The molecule has 4 heteroatoms. The molecule has 0 aliphatic heterocycles. The zero-order valence-corrected chi connectivity index (χ0v) is 16.4. The molecule has 25 heavy (non-hydrogen) atoms. The van der Waals surface area contributed by atoms with Gasteiger partial charge < -0.3 is 0 Å². The van der Waals surface area contributed by atoms with E-state index in [0.29, 0.717) is 0 Å². The molecule has 0 N–H and O–H groups in total. The highest BCUT2D eigenvalue weighted by molar-refractivity contribution is 9.10. The largest absolute Gasteiger partial charge is 0.240 e. The second-order valence-electron chi connectivity index (χ2n) is 5.66. The summed E-state index contributed by atoms with van der Waals surface area (Å²) in [6.45, 7) is 0. The minimum absolute atomic E-state index is 0.961. The second kappa shape index (κ2) is 6.98. The van der Waals surface area contributed by atoms with Crippen LogP contribution in [0, 0.1) is 0 Å². The lowest BCUT2D eigenvalue weighted by Gasteiger charge is -2.05. The molecule has 0 unspecified atom stereocenters. The van der Waals surface area contributed by atoms with Crippen LogP contribution in [-0.4, -0.2) is 9.78 Å². The Morgan fingerprint density at radius 3 is 2.08 bits per heavy atom. The zero-order chi connectivity index (χ0) is 17.2. The van der Waals surface area contributed by atoms with Crippen LogP contribution in [0.3, 0.4) is 0 Å². The average molecular weight is 454 g/mol. The fraction of sp³-hybridized carbons (Fsp3) is 0. The van der Waals surface area contributed by atoms with E-state index < -0.39 is 0 Å². The topological polar surface area (TPSA) is 17.8 Å². The van der Waals surface area contributed by atoms with Crippen molar-refractivity contribution in [3.05, 3.63) is 94.0 Å². The van der Waals surface area contributed by atoms with Crippen molar-refractivity contribution in [1.29, 1.82) is 0 Å². The molecule has 122 valence electrons. The van der Waals surface area contributed by atoms with Crippen LogP contribution < -0.4 is 0 Å². The highest BCUT2D eigenvalue weighted by Crippen LogP contribution is 2.36. The van der Waals surface area contributed by atoms with Crippen LogP contribution in [0.5, 0.6) is 0 Å². The van der Waals surface area contributed by atoms with Crippen molar-refractivity contribution < 1.29 is 0 Å². The molecular formula is C21H14Br2N2. The van der Waals surface area contributed by atoms with Gasteiger partial charge in [-0.1, -0.05) is 80.4 Å². The van der Waals surface area contributed by atoms with Crippen LogP contribution in [0.1, 0.15) is 0 Å². The molecule has 0 fully saturated rings. The first-order valence-electron chi connectivity index (χ1n) is 7.88. The van der Waals surface area contributed by atoms with Crippen molar-refractivity contribution in [2.75, 3.05) is 0 Å². The van der Waals surface area contributed by atoms with Gasteiger partial charge in [0.15, 0.2) is 0 Å². The third kappa shape index (κ3) is 3.32. The standard InChI is InChI=1S/C21H14Br2N2/c22-16-12-10-15(11-13-16)21-19(18-8-4-5-9-20(18)23)14-25(24-21)17-6-2-1-3-7-17/h1-14H. The Balaban J connectivity index is 1.93. The maximum atomic E-state index is 4.88. The van der Waals surface area contributed by atoms with Gasteiger partial charge in [0, 0.05) is 26.3 Å². The number of hydrogen-bond acceptors (Lipinski definition) is 1. The lowest BCUT2D eigenvalue weighted by Crippen LogP contribution is -1.93. The van der Waals surface area contributed by atoms with Crippen LogP contribution in [-0.2, 0) is 0 Å². The van der Waals surface area contributed by atoms with E-state index in [4.69, 9.17) is 5.10 Å². The predicted molar refractivity (Wildman–Crippen MR) is 110 cm³/mol. The van der Waals surface area contributed by atoms with Gasteiger partial charge in [-0.3, -0.25) is 0 Å². The molecule has 0 bridgehead atoms. The van der Waals surface area contributed by atoms with Gasteiger partial charge in [0.05, 0.1) is 5.69 Å². The smallest absolute Gasteiger partial charge is 0.101 e. The molecule has 4 aromatic rings. The molecule has 0 radical (unpaired) electrons. The summed E-state index contributed by atoms with van der Waals surface area (Å²) >= 11 is 7.17. The summed E-state index contributed by atoms with van der Waals surface area (Å²) in [5.41, 5.74) is 5.31. The second-order valence-corrected chi connectivity index (χ2v) is 7.43. The van der Waals surface area contributed by atoms with E-state index in [2.05, 4.69) is 74.5 Å². The monoisotopic (exact) mass is 452 g/mol. The van der Waals surface area contributed by atoms with Gasteiger partial charge >= 0.3 is 0 Å². The van der Waals surface area contributed by atoms with Crippen LogP contribution in [0.25, 0.3) is 28.1 Å². The molecule has 1 aromatic heterocycles. The normalized spacial score (nSPS) is 10.8.